The highest BCUT2D eigenvalue weighted by atomic mass is 32.1. The molecule has 264 valence electrons. The van der Waals surface area contributed by atoms with Crippen LogP contribution in [0.1, 0.15) is 43.2 Å². The first-order chi connectivity index (χ1) is 27.1. The quantitative estimate of drug-likeness (QED) is 0.171. The topological polar surface area (TPSA) is 3.24 Å². The molecule has 1 aromatic heterocycles. The van der Waals surface area contributed by atoms with Gasteiger partial charge in [0.15, 0.2) is 0 Å². The minimum Gasteiger partial charge on any atom is -0.310 e. The van der Waals surface area contributed by atoms with Gasteiger partial charge in [-0.1, -0.05) is 128 Å². The zero-order valence-electron chi connectivity index (χ0n) is 30.4. The maximum atomic E-state index is 14.6. The van der Waals surface area contributed by atoms with Crippen molar-refractivity contribution in [3.63, 3.8) is 0 Å². The molecule has 1 saturated carbocycles. The van der Waals surface area contributed by atoms with Crippen LogP contribution in [0.3, 0.4) is 0 Å². The summed E-state index contributed by atoms with van der Waals surface area (Å²) in [5.74, 6) is -0.230. The molecule has 0 saturated heterocycles. The van der Waals surface area contributed by atoms with Gasteiger partial charge < -0.3 is 4.90 Å². The van der Waals surface area contributed by atoms with E-state index >= 15 is 0 Å². The molecule has 0 bridgehead atoms. The lowest BCUT2D eigenvalue weighted by molar-refractivity contribution is 0.353. The second-order valence-corrected chi connectivity index (χ2v) is 16.4. The summed E-state index contributed by atoms with van der Waals surface area (Å²) in [7, 11) is 0. The number of thiophene rings is 1. The molecule has 2 aliphatic rings. The molecule has 0 aliphatic heterocycles. The lowest BCUT2D eigenvalue weighted by Crippen LogP contribution is -2.28. The average molecular weight is 728 g/mol. The molecular weight excluding hydrogens is 690 g/mol. The molecular formula is C52H38FNS. The molecule has 0 radical (unpaired) electrons. The summed E-state index contributed by atoms with van der Waals surface area (Å²) in [5, 5.41) is 4.82. The van der Waals surface area contributed by atoms with Crippen LogP contribution in [-0.2, 0) is 5.41 Å². The van der Waals surface area contributed by atoms with E-state index in [4.69, 9.17) is 0 Å². The Balaban J connectivity index is 1.12. The standard InChI is InChI=1S/C52H38FNS/c53-37-16-8-14-35(30-37)41-20-10-12-34-13-11-21-42(51(34)41)36-15-9-17-38(31-36)54(40-25-27-50-46(33-40)44-19-3-5-23-49(44)55-50)39-24-26-48-45(32-39)43-18-2-4-22-47(43)52(48)28-6-1-7-29-52/h2-5,8-27,30-33H,1,6-7,28-29H2. The first-order valence-corrected chi connectivity index (χ1v) is 20.3. The molecule has 0 unspecified atom stereocenters. The minimum atomic E-state index is -0.230. The van der Waals surface area contributed by atoms with Gasteiger partial charge in [-0.05, 0) is 129 Å². The van der Waals surface area contributed by atoms with Crippen LogP contribution in [0.15, 0.2) is 170 Å². The van der Waals surface area contributed by atoms with Gasteiger partial charge in [0, 0.05) is 42.6 Å². The molecule has 1 spiro atoms. The normalized spacial score (nSPS) is 14.4. The lowest BCUT2D eigenvalue weighted by Gasteiger charge is -2.36. The summed E-state index contributed by atoms with van der Waals surface area (Å²) in [4.78, 5) is 2.45. The van der Waals surface area contributed by atoms with E-state index in [-0.39, 0.29) is 11.2 Å². The van der Waals surface area contributed by atoms with Gasteiger partial charge in [0.1, 0.15) is 5.82 Å². The van der Waals surface area contributed by atoms with Crippen molar-refractivity contribution in [3.8, 4) is 33.4 Å². The Labute approximate surface area is 325 Å². The summed E-state index contributed by atoms with van der Waals surface area (Å²) in [6.45, 7) is 0. The van der Waals surface area contributed by atoms with Crippen molar-refractivity contribution in [2.24, 2.45) is 0 Å². The Morgan fingerprint density at radius 1 is 0.455 bits per heavy atom. The Hall–Kier alpha value is -6.03. The number of benzene rings is 8. The number of rotatable bonds is 5. The van der Waals surface area contributed by atoms with E-state index in [1.807, 2.05) is 17.4 Å². The maximum absolute atomic E-state index is 14.6. The molecule has 0 amide bonds. The van der Waals surface area contributed by atoms with Crippen LogP contribution in [0.2, 0.25) is 0 Å². The van der Waals surface area contributed by atoms with E-state index < -0.39 is 0 Å². The average Bonchev–Trinajstić information content (AvgIpc) is 3.73. The fraction of sp³-hybridized carbons (Fsp3) is 0.115. The molecule has 8 aromatic carbocycles. The van der Waals surface area contributed by atoms with Crippen molar-refractivity contribution in [1.29, 1.82) is 0 Å². The van der Waals surface area contributed by atoms with Crippen LogP contribution in [0.25, 0.3) is 64.3 Å². The maximum Gasteiger partial charge on any atom is 0.123 e. The summed E-state index contributed by atoms with van der Waals surface area (Å²) in [6, 6.07) is 60.8. The van der Waals surface area contributed by atoms with Crippen LogP contribution >= 0.6 is 11.3 Å². The molecule has 1 fully saturated rings. The second-order valence-electron chi connectivity index (χ2n) is 15.3. The number of hydrogen-bond acceptors (Lipinski definition) is 2. The second kappa shape index (κ2) is 12.8. The highest BCUT2D eigenvalue weighted by Crippen LogP contribution is 2.57. The zero-order valence-corrected chi connectivity index (χ0v) is 31.3. The third-order valence-corrected chi connectivity index (χ3v) is 13.4. The molecule has 1 heterocycles. The predicted octanol–water partition coefficient (Wildman–Crippen LogP) is 15.4. The van der Waals surface area contributed by atoms with E-state index in [0.717, 1.165) is 50.1 Å². The summed E-state index contributed by atoms with van der Waals surface area (Å²) < 4.78 is 17.2. The monoisotopic (exact) mass is 727 g/mol. The summed E-state index contributed by atoms with van der Waals surface area (Å²) >= 11 is 1.85. The van der Waals surface area contributed by atoms with Gasteiger partial charge in [-0.15, -0.1) is 11.3 Å². The van der Waals surface area contributed by atoms with Gasteiger partial charge in [0.05, 0.1) is 0 Å². The summed E-state index contributed by atoms with van der Waals surface area (Å²) in [6.07, 6.45) is 6.30. The van der Waals surface area contributed by atoms with E-state index in [9.17, 15) is 4.39 Å². The Morgan fingerprint density at radius 2 is 1.09 bits per heavy atom. The highest BCUT2D eigenvalue weighted by molar-refractivity contribution is 7.25. The van der Waals surface area contributed by atoms with Gasteiger partial charge in [-0.25, -0.2) is 4.39 Å². The molecule has 9 aromatic rings. The molecule has 11 rings (SSSR count). The van der Waals surface area contributed by atoms with Crippen LogP contribution in [0.4, 0.5) is 21.5 Å². The number of fused-ring (bicyclic) bond motifs is 9. The van der Waals surface area contributed by atoms with E-state index in [2.05, 4.69) is 150 Å². The fourth-order valence-corrected chi connectivity index (χ4v) is 11.0. The lowest BCUT2D eigenvalue weighted by atomic mass is 9.68. The molecule has 1 nitrogen and oxygen atoms in total. The van der Waals surface area contributed by atoms with Gasteiger partial charge in [0.25, 0.3) is 0 Å². The number of halogens is 1. The van der Waals surface area contributed by atoms with E-state index in [0.29, 0.717) is 0 Å². The van der Waals surface area contributed by atoms with Crippen LogP contribution in [-0.4, -0.2) is 0 Å². The van der Waals surface area contributed by atoms with Gasteiger partial charge in [-0.3, -0.25) is 0 Å². The Kier molecular flexibility index (Phi) is 7.53. The van der Waals surface area contributed by atoms with Gasteiger partial charge >= 0.3 is 0 Å². The number of nitrogens with zero attached hydrogens (tertiary/aromatic N) is 1. The number of anilines is 3. The summed E-state index contributed by atoms with van der Waals surface area (Å²) in [5.41, 5.74) is 13.4. The van der Waals surface area contributed by atoms with E-state index in [1.54, 1.807) is 12.1 Å². The zero-order chi connectivity index (χ0) is 36.5. The number of hydrogen-bond donors (Lipinski definition) is 0. The Morgan fingerprint density at radius 3 is 1.93 bits per heavy atom. The van der Waals surface area contributed by atoms with Crippen molar-refractivity contribution in [1.82, 2.24) is 0 Å². The van der Waals surface area contributed by atoms with E-state index in [1.165, 1.54) is 80.6 Å². The van der Waals surface area contributed by atoms with Crippen molar-refractivity contribution in [3.05, 3.63) is 187 Å². The molecule has 2 aliphatic carbocycles. The Bertz CT molecular complexity index is 2940. The van der Waals surface area contributed by atoms with Crippen molar-refractivity contribution < 1.29 is 4.39 Å². The first-order valence-electron chi connectivity index (χ1n) is 19.5. The van der Waals surface area contributed by atoms with Crippen LogP contribution in [0.5, 0.6) is 0 Å². The largest absolute Gasteiger partial charge is 0.310 e. The fourth-order valence-electron chi connectivity index (χ4n) is 9.88. The van der Waals surface area contributed by atoms with Gasteiger partial charge in [-0.2, -0.15) is 0 Å². The van der Waals surface area contributed by atoms with Crippen molar-refractivity contribution in [2.45, 2.75) is 37.5 Å². The molecule has 0 N–H and O–H groups in total. The molecule has 55 heavy (non-hydrogen) atoms. The van der Waals surface area contributed by atoms with Gasteiger partial charge in [0.2, 0.25) is 0 Å². The van der Waals surface area contributed by atoms with Crippen molar-refractivity contribution in [2.75, 3.05) is 4.90 Å². The highest BCUT2D eigenvalue weighted by Gasteiger charge is 2.43. The molecule has 3 heteroatoms. The first kappa shape index (κ1) is 32.4. The minimum absolute atomic E-state index is 0.107. The third-order valence-electron chi connectivity index (χ3n) is 12.3. The predicted molar refractivity (Wildman–Crippen MR) is 232 cm³/mol. The van der Waals surface area contributed by atoms with Crippen molar-refractivity contribution >= 4 is 59.3 Å². The smallest absolute Gasteiger partial charge is 0.123 e. The van der Waals surface area contributed by atoms with Crippen LogP contribution in [0, 0.1) is 5.82 Å². The SMILES string of the molecule is Fc1cccc(-c2cccc3cccc(-c4cccc(N(c5ccc6c(c5)-c5ccccc5C65CCCCC5)c5ccc6sc7ccccc7c6c5)c4)c23)c1. The molecule has 0 atom stereocenters. The third kappa shape index (κ3) is 5.17. The van der Waals surface area contributed by atoms with Crippen LogP contribution < -0.4 is 4.90 Å².